The van der Waals surface area contributed by atoms with E-state index in [0.717, 1.165) is 71.6 Å². The first kappa shape index (κ1) is 24.3. The first-order valence-corrected chi connectivity index (χ1v) is 9.77. The van der Waals surface area contributed by atoms with E-state index in [1.807, 2.05) is 0 Å². The van der Waals surface area contributed by atoms with Gasteiger partial charge in [0.1, 0.15) is 0 Å². The molecule has 1 aliphatic carbocycles. The number of carbonyl (C=O) groups is 1. The van der Waals surface area contributed by atoms with E-state index in [4.69, 9.17) is 4.74 Å². The van der Waals surface area contributed by atoms with Gasteiger partial charge in [0.05, 0.1) is 0 Å². The Morgan fingerprint density at radius 2 is 1.84 bits per heavy atom. The third-order valence-corrected chi connectivity index (χ3v) is 4.74. The zero-order chi connectivity index (χ0) is 17.8. The highest BCUT2D eigenvalue weighted by Crippen LogP contribution is 2.29. The van der Waals surface area contributed by atoms with E-state index < -0.39 is 0 Å². The molecule has 0 heterocycles. The second-order valence-electron chi connectivity index (χ2n) is 7.60. The molecule has 0 aliphatic heterocycles. The molecule has 6 nitrogen and oxygen atoms in total. The van der Waals surface area contributed by atoms with Crippen LogP contribution in [0.1, 0.15) is 49.3 Å². The fourth-order valence-corrected chi connectivity index (χ4v) is 3.13. The van der Waals surface area contributed by atoms with Crippen molar-refractivity contribution in [2.24, 2.45) is 17.8 Å². The second kappa shape index (κ2) is 14.5. The molecule has 0 unspecified atom stereocenters. The van der Waals surface area contributed by atoms with Crippen LogP contribution in [0.15, 0.2) is 0 Å². The fourth-order valence-electron chi connectivity index (χ4n) is 3.13. The van der Waals surface area contributed by atoms with Gasteiger partial charge in [-0.15, -0.1) is 0 Å². The Morgan fingerprint density at radius 3 is 2.44 bits per heavy atom. The maximum absolute atomic E-state index is 12.3. The van der Waals surface area contributed by atoms with Crippen molar-refractivity contribution < 1.29 is 17.9 Å². The van der Waals surface area contributed by atoms with Gasteiger partial charge < -0.3 is 25.7 Å². The van der Waals surface area contributed by atoms with E-state index in [9.17, 15) is 4.79 Å². The zero-order valence-corrected chi connectivity index (χ0v) is 16.8. The Hall–Kier alpha value is -0.690. The molecule has 25 heavy (non-hydrogen) atoms. The van der Waals surface area contributed by atoms with Crippen LogP contribution in [-0.2, 0) is 9.53 Å². The number of nitrogens with one attached hydrogen (secondary N) is 2. The zero-order valence-electron chi connectivity index (χ0n) is 16.8. The van der Waals surface area contributed by atoms with E-state index in [1.54, 1.807) is 0 Å². The highest BCUT2D eigenvalue weighted by molar-refractivity contribution is 5.78. The van der Waals surface area contributed by atoms with Gasteiger partial charge >= 0.3 is 0 Å². The monoisotopic (exact) mass is 363 g/mol. The summed E-state index contributed by atoms with van der Waals surface area (Å²) < 4.78 is 5.75. The summed E-state index contributed by atoms with van der Waals surface area (Å²) in [5.74, 6) is 1.70. The number of likely N-dealkylation sites (N-methyl/N-ethyl adjacent to an activating group) is 2. The Labute approximate surface area is 157 Å². The van der Waals surface area contributed by atoms with E-state index in [2.05, 4.69) is 43.4 Å². The van der Waals surface area contributed by atoms with Crippen molar-refractivity contribution in [1.82, 2.24) is 15.5 Å². The van der Waals surface area contributed by atoms with Crippen LogP contribution in [0, 0.1) is 17.8 Å². The summed E-state index contributed by atoms with van der Waals surface area (Å²) in [7, 11) is 2.10. The first-order chi connectivity index (χ1) is 11.5. The average Bonchev–Trinajstić information content (AvgIpc) is 2.55. The predicted octanol–water partition coefficient (Wildman–Crippen LogP) is 1.79. The molecule has 0 aromatic heterocycles. The summed E-state index contributed by atoms with van der Waals surface area (Å²) >= 11 is 0. The molecule has 0 radical (unpaired) electrons. The summed E-state index contributed by atoms with van der Waals surface area (Å²) in [5.41, 5.74) is 0. The van der Waals surface area contributed by atoms with Gasteiger partial charge in [-0.3, -0.25) is 4.79 Å². The van der Waals surface area contributed by atoms with Crippen LogP contribution in [-0.4, -0.2) is 69.3 Å². The quantitative estimate of drug-likeness (QED) is 0.518. The van der Waals surface area contributed by atoms with Gasteiger partial charge in [0.25, 0.3) is 0 Å². The van der Waals surface area contributed by atoms with E-state index >= 15 is 0 Å². The molecule has 1 aliphatic rings. The van der Waals surface area contributed by atoms with Gasteiger partial charge in [0.15, 0.2) is 0 Å². The maximum Gasteiger partial charge on any atom is 0.223 e. The number of rotatable bonds is 12. The smallest absolute Gasteiger partial charge is 0.223 e. The van der Waals surface area contributed by atoms with Gasteiger partial charge in [0.2, 0.25) is 5.91 Å². The molecule has 1 amide bonds. The standard InChI is InChI=1S/C19H39N3O2.H2O.2H2/c1-5-20-10-12-22(4)13-11-21-19(23)18-8-6-17(7-9-18)15-24-14-16(2)3;;;/h16-18,20H,5-15H2,1-4H3,(H,21,23);1H2;2*1H. The Kier molecular flexibility index (Phi) is 14.1. The predicted molar refractivity (Wildman–Crippen MR) is 108 cm³/mol. The Balaban J connectivity index is -0.00000192. The molecule has 1 rings (SSSR count). The van der Waals surface area contributed by atoms with Crippen molar-refractivity contribution in [3.63, 3.8) is 0 Å². The lowest BCUT2D eigenvalue weighted by Crippen LogP contribution is -2.39. The number of hydrogen-bond acceptors (Lipinski definition) is 4. The molecule has 0 atom stereocenters. The molecule has 0 aromatic carbocycles. The number of carbonyl (C=O) groups excluding carboxylic acids is 1. The van der Waals surface area contributed by atoms with Crippen LogP contribution in [0.4, 0.5) is 0 Å². The Morgan fingerprint density at radius 1 is 1.20 bits per heavy atom. The van der Waals surface area contributed by atoms with E-state index in [-0.39, 0.29) is 20.2 Å². The molecule has 1 saturated carbocycles. The minimum absolute atomic E-state index is 0. The average molecular weight is 364 g/mol. The number of amides is 1. The number of nitrogens with zero attached hydrogens (tertiary/aromatic N) is 1. The Bertz CT molecular complexity index is 342. The number of hydrogen-bond donors (Lipinski definition) is 2. The largest absolute Gasteiger partial charge is 0.412 e. The van der Waals surface area contributed by atoms with Gasteiger partial charge in [-0.1, -0.05) is 20.8 Å². The molecule has 0 saturated heterocycles. The van der Waals surface area contributed by atoms with Gasteiger partial charge in [-0.25, -0.2) is 0 Å². The van der Waals surface area contributed by atoms with E-state index in [0.29, 0.717) is 11.8 Å². The van der Waals surface area contributed by atoms with Crippen LogP contribution in [0.5, 0.6) is 0 Å². The van der Waals surface area contributed by atoms with Crippen molar-refractivity contribution in [1.29, 1.82) is 0 Å². The molecule has 4 N–H and O–H groups in total. The molecule has 6 heteroatoms. The summed E-state index contributed by atoms with van der Waals surface area (Å²) in [6.07, 6.45) is 4.27. The minimum atomic E-state index is 0. The highest BCUT2D eigenvalue weighted by Gasteiger charge is 2.26. The van der Waals surface area contributed by atoms with Crippen molar-refractivity contribution >= 4 is 5.91 Å². The molecule has 0 bridgehead atoms. The lowest BCUT2D eigenvalue weighted by Gasteiger charge is -2.28. The van der Waals surface area contributed by atoms with Crippen LogP contribution in [0.3, 0.4) is 0 Å². The lowest BCUT2D eigenvalue weighted by molar-refractivity contribution is -0.126. The van der Waals surface area contributed by atoms with Gasteiger partial charge in [0, 0.05) is 48.2 Å². The van der Waals surface area contributed by atoms with Crippen molar-refractivity contribution in [2.45, 2.75) is 46.5 Å². The summed E-state index contributed by atoms with van der Waals surface area (Å²) in [6, 6.07) is 0. The minimum Gasteiger partial charge on any atom is -0.412 e. The normalized spacial score (nSPS) is 20.6. The molecular formula is C19H45N3O3. The topological polar surface area (TPSA) is 85.1 Å². The first-order valence-electron chi connectivity index (χ1n) is 9.77. The van der Waals surface area contributed by atoms with Crippen LogP contribution in [0.2, 0.25) is 0 Å². The SMILES string of the molecule is CCNCCN(C)CCNC(=O)C1CCC(COCC(C)C)CC1.O.[HH].[HH]. The third kappa shape index (κ3) is 11.5. The summed E-state index contributed by atoms with van der Waals surface area (Å²) in [4.78, 5) is 14.5. The van der Waals surface area contributed by atoms with Crippen molar-refractivity contribution in [2.75, 3.05) is 53.0 Å². The van der Waals surface area contributed by atoms with Crippen molar-refractivity contribution in [3.05, 3.63) is 0 Å². The molecule has 0 spiro atoms. The molecular weight excluding hydrogens is 318 g/mol. The molecule has 154 valence electrons. The fraction of sp³-hybridized carbons (Fsp3) is 0.947. The summed E-state index contributed by atoms with van der Waals surface area (Å²) in [6.45, 7) is 12.9. The van der Waals surface area contributed by atoms with Crippen LogP contribution < -0.4 is 10.6 Å². The van der Waals surface area contributed by atoms with Crippen LogP contribution >= 0.6 is 0 Å². The van der Waals surface area contributed by atoms with Gasteiger partial charge in [-0.2, -0.15) is 0 Å². The highest BCUT2D eigenvalue weighted by atomic mass is 16.5. The van der Waals surface area contributed by atoms with Gasteiger partial charge in [-0.05, 0) is 51.1 Å². The van der Waals surface area contributed by atoms with Crippen molar-refractivity contribution in [3.8, 4) is 0 Å². The second-order valence-corrected chi connectivity index (χ2v) is 7.60. The third-order valence-electron chi connectivity index (χ3n) is 4.74. The van der Waals surface area contributed by atoms with E-state index in [1.165, 1.54) is 0 Å². The van der Waals surface area contributed by atoms with Crippen LogP contribution in [0.25, 0.3) is 0 Å². The lowest BCUT2D eigenvalue weighted by atomic mass is 9.82. The molecule has 1 fully saturated rings. The molecule has 0 aromatic rings. The summed E-state index contributed by atoms with van der Waals surface area (Å²) in [5, 5.41) is 6.43. The number of ether oxygens (including phenoxy) is 1. The maximum atomic E-state index is 12.3.